The van der Waals surface area contributed by atoms with Crippen molar-refractivity contribution in [2.75, 3.05) is 26.0 Å². The van der Waals surface area contributed by atoms with Crippen LogP contribution in [0.2, 0.25) is 0 Å². The molecule has 84 valence electrons. The molecule has 1 saturated heterocycles. The van der Waals surface area contributed by atoms with Crippen molar-refractivity contribution in [2.24, 2.45) is 0 Å². The zero-order chi connectivity index (χ0) is 10.4. The summed E-state index contributed by atoms with van der Waals surface area (Å²) in [5.74, 6) is 0. The summed E-state index contributed by atoms with van der Waals surface area (Å²) < 4.78 is 5.52. The minimum Gasteiger partial charge on any atom is -0.395 e. The lowest BCUT2D eigenvalue weighted by atomic mass is 10.2. The molecule has 1 fully saturated rings. The third-order valence-corrected chi connectivity index (χ3v) is 3.89. The topological polar surface area (TPSA) is 41.5 Å². The van der Waals surface area contributed by atoms with Crippen LogP contribution < -0.4 is 5.32 Å². The summed E-state index contributed by atoms with van der Waals surface area (Å²) in [7, 11) is 0. The van der Waals surface area contributed by atoms with E-state index in [1.807, 2.05) is 6.26 Å². The van der Waals surface area contributed by atoms with Crippen LogP contribution in [0, 0.1) is 0 Å². The minimum absolute atomic E-state index is 0.237. The van der Waals surface area contributed by atoms with Crippen molar-refractivity contribution in [1.29, 1.82) is 0 Å². The molecule has 0 saturated carbocycles. The Bertz CT molecular complexity index is 147. The van der Waals surface area contributed by atoms with Crippen molar-refractivity contribution >= 4 is 11.8 Å². The summed E-state index contributed by atoms with van der Waals surface area (Å²) in [4.78, 5) is 0. The van der Waals surface area contributed by atoms with Gasteiger partial charge in [-0.15, -0.1) is 0 Å². The standard InChI is InChI=1S/C10H21NO2S/c1-8(10(7-12)14-2)11-6-9-4-3-5-13-9/h8-12H,3-7H2,1-2H3. The molecule has 0 aromatic rings. The van der Waals surface area contributed by atoms with Crippen molar-refractivity contribution in [3.63, 3.8) is 0 Å². The highest BCUT2D eigenvalue weighted by Crippen LogP contribution is 2.13. The first-order valence-corrected chi connectivity index (χ1v) is 6.55. The molecule has 0 aromatic heterocycles. The maximum absolute atomic E-state index is 9.10. The van der Waals surface area contributed by atoms with Gasteiger partial charge in [0.05, 0.1) is 12.7 Å². The number of thioether (sulfide) groups is 1. The van der Waals surface area contributed by atoms with E-state index in [9.17, 15) is 0 Å². The fraction of sp³-hybridized carbons (Fsp3) is 1.00. The summed E-state index contributed by atoms with van der Waals surface area (Å²) in [6.45, 7) is 4.18. The second-order valence-electron chi connectivity index (χ2n) is 3.79. The highest BCUT2D eigenvalue weighted by molar-refractivity contribution is 7.99. The van der Waals surface area contributed by atoms with Gasteiger partial charge in [0.15, 0.2) is 0 Å². The maximum Gasteiger partial charge on any atom is 0.0700 e. The van der Waals surface area contributed by atoms with Crippen LogP contribution in [-0.4, -0.2) is 48.5 Å². The average molecular weight is 219 g/mol. The van der Waals surface area contributed by atoms with Gasteiger partial charge in [0.2, 0.25) is 0 Å². The number of nitrogens with one attached hydrogen (secondary N) is 1. The molecule has 14 heavy (non-hydrogen) atoms. The van der Waals surface area contributed by atoms with Crippen molar-refractivity contribution in [3.8, 4) is 0 Å². The van der Waals surface area contributed by atoms with Crippen LogP contribution in [0.15, 0.2) is 0 Å². The number of aliphatic hydroxyl groups excluding tert-OH is 1. The summed E-state index contributed by atoms with van der Waals surface area (Å²) in [5.41, 5.74) is 0. The molecule has 0 amide bonds. The average Bonchev–Trinajstić information content (AvgIpc) is 2.69. The van der Waals surface area contributed by atoms with Crippen LogP contribution in [-0.2, 0) is 4.74 Å². The Balaban J connectivity index is 2.15. The molecule has 1 aliphatic heterocycles. The number of ether oxygens (including phenoxy) is 1. The van der Waals surface area contributed by atoms with Gasteiger partial charge >= 0.3 is 0 Å². The second-order valence-corrected chi connectivity index (χ2v) is 4.87. The molecule has 0 aromatic carbocycles. The van der Waals surface area contributed by atoms with E-state index in [0.717, 1.165) is 13.2 Å². The Kier molecular flexibility index (Phi) is 5.86. The quantitative estimate of drug-likeness (QED) is 0.695. The molecular formula is C10H21NO2S. The van der Waals surface area contributed by atoms with Crippen LogP contribution >= 0.6 is 11.8 Å². The largest absolute Gasteiger partial charge is 0.395 e. The summed E-state index contributed by atoms with van der Waals surface area (Å²) >= 11 is 1.71. The normalized spacial score (nSPS) is 26.4. The molecule has 4 heteroatoms. The van der Waals surface area contributed by atoms with E-state index in [1.54, 1.807) is 11.8 Å². The van der Waals surface area contributed by atoms with Crippen molar-refractivity contribution in [1.82, 2.24) is 5.32 Å². The predicted octanol–water partition coefficient (Wildman–Crippen LogP) is 0.867. The van der Waals surface area contributed by atoms with Gasteiger partial charge in [0.25, 0.3) is 0 Å². The minimum atomic E-state index is 0.237. The third kappa shape index (κ3) is 3.77. The molecule has 3 nitrogen and oxygen atoms in total. The molecule has 3 atom stereocenters. The van der Waals surface area contributed by atoms with Gasteiger partial charge < -0.3 is 15.2 Å². The number of hydrogen-bond acceptors (Lipinski definition) is 4. The van der Waals surface area contributed by atoms with Crippen LogP contribution in [0.3, 0.4) is 0 Å². The number of hydrogen-bond donors (Lipinski definition) is 2. The van der Waals surface area contributed by atoms with Gasteiger partial charge in [-0.3, -0.25) is 0 Å². The van der Waals surface area contributed by atoms with Gasteiger partial charge in [0, 0.05) is 24.4 Å². The highest BCUT2D eigenvalue weighted by Gasteiger charge is 2.19. The van der Waals surface area contributed by atoms with Crippen molar-refractivity contribution in [3.05, 3.63) is 0 Å². The molecule has 2 N–H and O–H groups in total. The lowest BCUT2D eigenvalue weighted by Crippen LogP contribution is -2.41. The molecule has 0 spiro atoms. The van der Waals surface area contributed by atoms with Crippen molar-refractivity contribution < 1.29 is 9.84 Å². The fourth-order valence-electron chi connectivity index (χ4n) is 1.69. The van der Waals surface area contributed by atoms with Gasteiger partial charge in [0.1, 0.15) is 0 Å². The maximum atomic E-state index is 9.10. The van der Waals surface area contributed by atoms with Gasteiger partial charge in [-0.1, -0.05) is 0 Å². The van der Waals surface area contributed by atoms with E-state index in [0.29, 0.717) is 12.1 Å². The van der Waals surface area contributed by atoms with Gasteiger partial charge in [-0.2, -0.15) is 11.8 Å². The Labute approximate surface area is 90.6 Å². The first-order chi connectivity index (χ1) is 6.77. The zero-order valence-electron chi connectivity index (χ0n) is 9.03. The number of aliphatic hydroxyl groups is 1. The summed E-state index contributed by atoms with van der Waals surface area (Å²) in [6, 6.07) is 0.346. The lowest BCUT2D eigenvalue weighted by molar-refractivity contribution is 0.107. The first kappa shape index (κ1) is 12.3. The Hall–Kier alpha value is 0.230. The van der Waals surface area contributed by atoms with E-state index in [2.05, 4.69) is 12.2 Å². The van der Waals surface area contributed by atoms with E-state index in [1.165, 1.54) is 12.8 Å². The Morgan fingerprint density at radius 1 is 1.64 bits per heavy atom. The van der Waals surface area contributed by atoms with E-state index in [4.69, 9.17) is 9.84 Å². The molecule has 1 rings (SSSR count). The van der Waals surface area contributed by atoms with Crippen LogP contribution in [0.1, 0.15) is 19.8 Å². The molecule has 0 aliphatic carbocycles. The number of rotatable bonds is 6. The van der Waals surface area contributed by atoms with Gasteiger partial charge in [-0.25, -0.2) is 0 Å². The van der Waals surface area contributed by atoms with E-state index < -0.39 is 0 Å². The van der Waals surface area contributed by atoms with Crippen molar-refractivity contribution in [2.45, 2.75) is 37.2 Å². The predicted molar refractivity (Wildman–Crippen MR) is 60.8 cm³/mol. The van der Waals surface area contributed by atoms with Crippen LogP contribution in [0.4, 0.5) is 0 Å². The monoisotopic (exact) mass is 219 g/mol. The lowest BCUT2D eigenvalue weighted by Gasteiger charge is -2.22. The second kappa shape index (κ2) is 6.67. The third-order valence-electron chi connectivity index (χ3n) is 2.73. The van der Waals surface area contributed by atoms with Crippen LogP contribution in [0.25, 0.3) is 0 Å². The molecule has 0 bridgehead atoms. The summed E-state index contributed by atoms with van der Waals surface area (Å²) in [6.07, 6.45) is 4.78. The Morgan fingerprint density at radius 3 is 2.93 bits per heavy atom. The van der Waals surface area contributed by atoms with Crippen LogP contribution in [0.5, 0.6) is 0 Å². The molecular weight excluding hydrogens is 198 g/mol. The fourth-order valence-corrected chi connectivity index (χ4v) is 2.34. The smallest absolute Gasteiger partial charge is 0.0700 e. The van der Waals surface area contributed by atoms with E-state index >= 15 is 0 Å². The Morgan fingerprint density at radius 2 is 2.43 bits per heavy atom. The summed E-state index contributed by atoms with van der Waals surface area (Å²) in [5, 5.41) is 12.8. The molecule has 1 heterocycles. The zero-order valence-corrected chi connectivity index (χ0v) is 9.85. The molecule has 3 unspecified atom stereocenters. The molecule has 1 aliphatic rings. The first-order valence-electron chi connectivity index (χ1n) is 5.26. The van der Waals surface area contributed by atoms with Gasteiger partial charge in [-0.05, 0) is 26.0 Å². The van der Waals surface area contributed by atoms with E-state index in [-0.39, 0.29) is 11.9 Å². The molecule has 0 radical (unpaired) electrons. The highest BCUT2D eigenvalue weighted by atomic mass is 32.2. The SMILES string of the molecule is CSC(CO)C(C)NCC1CCCO1.